The molecule has 0 radical (unpaired) electrons. The van der Waals surface area contributed by atoms with E-state index < -0.39 is 23.9 Å². The summed E-state index contributed by atoms with van der Waals surface area (Å²) in [5.74, 6) is -3.95. The van der Waals surface area contributed by atoms with Crippen molar-refractivity contribution in [2.75, 3.05) is 0 Å². The summed E-state index contributed by atoms with van der Waals surface area (Å²) in [6.45, 7) is 0. The molecule has 2 N–H and O–H groups in total. The summed E-state index contributed by atoms with van der Waals surface area (Å²) in [6, 6.07) is 10.9. The van der Waals surface area contributed by atoms with Crippen molar-refractivity contribution in [1.29, 1.82) is 0 Å². The highest BCUT2D eigenvalue weighted by Gasteiger charge is 2.31. The van der Waals surface area contributed by atoms with E-state index in [-0.39, 0.29) is 27.6 Å². The highest BCUT2D eigenvalue weighted by molar-refractivity contribution is 9.10. The first kappa shape index (κ1) is 18.7. The zero-order valence-corrected chi connectivity index (χ0v) is 17.4. The van der Waals surface area contributed by atoms with Gasteiger partial charge in [0.05, 0.1) is 22.3 Å². The Hall–Kier alpha value is -4.04. The van der Waals surface area contributed by atoms with Crippen molar-refractivity contribution >= 4 is 82.9 Å². The Kier molecular flexibility index (Phi) is 3.52. The van der Waals surface area contributed by atoms with Crippen molar-refractivity contribution in [3.8, 4) is 0 Å². The molecule has 0 aliphatic carbocycles. The van der Waals surface area contributed by atoms with Gasteiger partial charge in [-0.1, -0.05) is 34.1 Å². The highest BCUT2D eigenvalue weighted by Crippen LogP contribution is 2.47. The molecule has 0 saturated heterocycles. The van der Waals surface area contributed by atoms with Gasteiger partial charge in [-0.3, -0.25) is 0 Å². The molecular weight excluding hydrogens is 480 g/mol. The normalized spacial score (nSPS) is 13.4. The molecule has 1 aliphatic rings. The topological polar surface area (TPSA) is 118 Å². The monoisotopic (exact) mass is 488 g/mol. The molecule has 1 heterocycles. The van der Waals surface area contributed by atoms with Crippen LogP contribution in [0.3, 0.4) is 0 Å². The van der Waals surface area contributed by atoms with Crippen molar-refractivity contribution < 1.29 is 34.1 Å². The number of hydrogen-bond donors (Lipinski definition) is 2. The quantitative estimate of drug-likeness (QED) is 0.151. The average Bonchev–Trinajstić information content (AvgIpc) is 2.75. The van der Waals surface area contributed by atoms with E-state index in [4.69, 9.17) is 4.74 Å². The van der Waals surface area contributed by atoms with Gasteiger partial charge < -0.3 is 14.9 Å². The minimum absolute atomic E-state index is 0.119. The van der Waals surface area contributed by atoms with Crippen molar-refractivity contribution in [2.24, 2.45) is 0 Å². The summed E-state index contributed by atoms with van der Waals surface area (Å²) < 4.78 is 5.41. The van der Waals surface area contributed by atoms with Gasteiger partial charge in [0.25, 0.3) is 0 Å². The van der Waals surface area contributed by atoms with Gasteiger partial charge in [-0.15, -0.1) is 0 Å². The first-order chi connectivity index (χ1) is 15.3. The number of esters is 2. The van der Waals surface area contributed by atoms with Crippen LogP contribution in [0.2, 0.25) is 0 Å². The molecule has 1 aliphatic heterocycles. The van der Waals surface area contributed by atoms with Crippen LogP contribution in [-0.2, 0) is 4.74 Å². The van der Waals surface area contributed by atoms with Crippen LogP contribution in [0.1, 0.15) is 41.4 Å². The third-order valence-electron chi connectivity index (χ3n) is 6.04. The Balaban J connectivity index is 2.00. The van der Waals surface area contributed by atoms with Gasteiger partial charge in [0.2, 0.25) is 0 Å². The van der Waals surface area contributed by atoms with Crippen LogP contribution < -0.4 is 0 Å². The summed E-state index contributed by atoms with van der Waals surface area (Å²) in [5, 5.41) is 23.8. The van der Waals surface area contributed by atoms with Crippen LogP contribution in [0.25, 0.3) is 43.1 Å². The van der Waals surface area contributed by atoms with E-state index in [1.165, 1.54) is 12.1 Å². The first-order valence-corrected chi connectivity index (χ1v) is 10.2. The summed E-state index contributed by atoms with van der Waals surface area (Å²) in [5.41, 5.74) is 0.269. The maximum absolute atomic E-state index is 12.4. The van der Waals surface area contributed by atoms with E-state index in [9.17, 15) is 29.4 Å². The second kappa shape index (κ2) is 6.02. The van der Waals surface area contributed by atoms with Gasteiger partial charge in [-0.25, -0.2) is 19.2 Å². The number of fused-ring (bicyclic) bond motifs is 2. The third kappa shape index (κ3) is 2.14. The molecule has 6 rings (SSSR count). The fourth-order valence-corrected chi connectivity index (χ4v) is 5.47. The van der Waals surface area contributed by atoms with Gasteiger partial charge in [0.1, 0.15) is 0 Å². The number of hydrogen-bond acceptors (Lipinski definition) is 5. The molecule has 0 fully saturated rings. The Labute approximate surface area is 186 Å². The average molecular weight is 489 g/mol. The zero-order chi connectivity index (χ0) is 22.5. The highest BCUT2D eigenvalue weighted by atomic mass is 79.9. The van der Waals surface area contributed by atoms with E-state index in [0.29, 0.717) is 42.2 Å². The van der Waals surface area contributed by atoms with Crippen molar-refractivity contribution in [3.05, 3.63) is 69.2 Å². The minimum Gasteiger partial charge on any atom is -0.478 e. The molecule has 0 amide bonds. The van der Waals surface area contributed by atoms with Crippen LogP contribution in [0, 0.1) is 0 Å². The smallest absolute Gasteiger partial charge is 0.346 e. The van der Waals surface area contributed by atoms with Crippen molar-refractivity contribution in [3.63, 3.8) is 0 Å². The number of aromatic carboxylic acids is 2. The molecule has 7 nitrogen and oxygen atoms in total. The number of ether oxygens (including phenoxy) is 1. The van der Waals surface area contributed by atoms with Gasteiger partial charge in [-0.05, 0) is 45.8 Å². The molecule has 8 heteroatoms. The largest absolute Gasteiger partial charge is 0.478 e. The Morgan fingerprint density at radius 1 is 0.656 bits per heavy atom. The number of carboxylic acids is 2. The fourth-order valence-electron chi connectivity index (χ4n) is 4.83. The van der Waals surface area contributed by atoms with Crippen molar-refractivity contribution in [1.82, 2.24) is 0 Å². The second-order valence-electron chi connectivity index (χ2n) is 7.55. The zero-order valence-electron chi connectivity index (χ0n) is 15.9. The van der Waals surface area contributed by atoms with E-state index in [2.05, 4.69) is 15.9 Å². The van der Waals surface area contributed by atoms with E-state index >= 15 is 0 Å². The van der Waals surface area contributed by atoms with Crippen LogP contribution in [0.4, 0.5) is 0 Å². The fraction of sp³-hybridized carbons (Fsp3) is 0. The maximum atomic E-state index is 12.4. The molecule has 0 unspecified atom stereocenters. The maximum Gasteiger partial charge on any atom is 0.346 e. The molecule has 0 bridgehead atoms. The van der Waals surface area contributed by atoms with Crippen LogP contribution >= 0.6 is 15.9 Å². The van der Waals surface area contributed by atoms with Gasteiger partial charge in [0, 0.05) is 26.0 Å². The summed E-state index contributed by atoms with van der Waals surface area (Å²) in [6.07, 6.45) is 0. The Morgan fingerprint density at radius 3 is 1.88 bits per heavy atom. The Bertz CT molecular complexity index is 1730. The Morgan fingerprint density at radius 2 is 1.22 bits per heavy atom. The predicted molar refractivity (Wildman–Crippen MR) is 119 cm³/mol. The van der Waals surface area contributed by atoms with Gasteiger partial charge in [0.15, 0.2) is 0 Å². The number of carboxylic acid groups (broad SMARTS) is 2. The van der Waals surface area contributed by atoms with Crippen LogP contribution in [0.5, 0.6) is 0 Å². The summed E-state index contributed by atoms with van der Waals surface area (Å²) >= 11 is 3.51. The molecular formula is C24H9BrO7. The summed E-state index contributed by atoms with van der Waals surface area (Å²) in [7, 11) is 0. The predicted octanol–water partition coefficient (Wildman–Crippen LogP) is 5.21. The lowest BCUT2D eigenvalue weighted by atomic mass is 9.84. The second-order valence-corrected chi connectivity index (χ2v) is 8.40. The number of benzene rings is 5. The lowest BCUT2D eigenvalue weighted by molar-refractivity contribution is 0.0390. The van der Waals surface area contributed by atoms with Gasteiger partial charge >= 0.3 is 23.9 Å². The third-order valence-corrected chi connectivity index (χ3v) is 6.67. The van der Waals surface area contributed by atoms with E-state index in [0.717, 1.165) is 0 Å². The van der Waals surface area contributed by atoms with E-state index in [1.54, 1.807) is 30.3 Å². The first-order valence-electron chi connectivity index (χ1n) is 9.42. The standard InChI is InChI=1S/C24H9BrO7/c25-15-7-14-18-13(23(30)32-24(14)31)6-2-9-8-1-4-11(21(26)27)17-12(22(28)29)5-3-10(16(8)17)19(15)20(9)18/h1-7H,(H,26,27)(H,28,29). The molecule has 154 valence electrons. The minimum atomic E-state index is -1.24. The molecule has 5 aromatic carbocycles. The molecule has 32 heavy (non-hydrogen) atoms. The molecule has 0 spiro atoms. The number of carbonyl (C=O) groups excluding carboxylic acids is 2. The van der Waals surface area contributed by atoms with Gasteiger partial charge in [-0.2, -0.15) is 0 Å². The number of rotatable bonds is 2. The number of halogens is 1. The number of carbonyl (C=O) groups is 4. The SMILES string of the molecule is O=C(O)c1ccc2c3ccc4c5c(cc(Br)c(c6ccc(C(=O)O)c1c26)c53)C(=O)OC4=O. The van der Waals surface area contributed by atoms with Crippen molar-refractivity contribution in [2.45, 2.75) is 0 Å². The number of cyclic esters (lactones) is 2. The molecule has 0 saturated carbocycles. The molecule has 0 atom stereocenters. The lowest BCUT2D eigenvalue weighted by Gasteiger charge is -2.22. The van der Waals surface area contributed by atoms with E-state index in [1.807, 2.05) is 0 Å². The van der Waals surface area contributed by atoms with Crippen LogP contribution in [0.15, 0.2) is 46.9 Å². The molecule has 0 aromatic heterocycles. The van der Waals surface area contributed by atoms with Crippen LogP contribution in [-0.4, -0.2) is 34.1 Å². The molecule has 5 aromatic rings. The summed E-state index contributed by atoms with van der Waals surface area (Å²) in [4.78, 5) is 48.7. The lowest BCUT2D eigenvalue weighted by Crippen LogP contribution is -2.19.